The summed E-state index contributed by atoms with van der Waals surface area (Å²) in [6.45, 7) is 4.14. The van der Waals surface area contributed by atoms with Gasteiger partial charge in [-0.05, 0) is 56.5 Å². The lowest BCUT2D eigenvalue weighted by atomic mass is 10.0. The summed E-state index contributed by atoms with van der Waals surface area (Å²) in [4.78, 5) is 32.2. The highest BCUT2D eigenvalue weighted by Crippen LogP contribution is 2.20. The fraction of sp³-hybridized carbons (Fsp3) is 0.259. The molecular weight excluding hydrogens is 426 g/mol. The molecule has 3 aromatic heterocycles. The maximum atomic E-state index is 13.6. The molecule has 0 saturated carbocycles. The number of aromatic nitrogens is 3. The van der Waals surface area contributed by atoms with Crippen molar-refractivity contribution in [2.75, 3.05) is 13.6 Å². The van der Waals surface area contributed by atoms with E-state index in [1.54, 1.807) is 15.5 Å². The summed E-state index contributed by atoms with van der Waals surface area (Å²) < 4.78 is 1.73. The lowest BCUT2D eigenvalue weighted by Crippen LogP contribution is -2.41. The van der Waals surface area contributed by atoms with Crippen LogP contribution in [0.1, 0.15) is 44.2 Å². The first-order chi connectivity index (χ1) is 16.4. The minimum Gasteiger partial charge on any atom is -0.351 e. The molecule has 0 fully saturated rings. The molecule has 7 nitrogen and oxygen atoms in total. The van der Waals surface area contributed by atoms with Crippen molar-refractivity contribution >= 4 is 17.3 Å². The smallest absolute Gasteiger partial charge is 0.269 e. The van der Waals surface area contributed by atoms with Gasteiger partial charge in [0, 0.05) is 31.5 Å². The number of rotatable bonds is 8. The molecule has 34 heavy (non-hydrogen) atoms. The van der Waals surface area contributed by atoms with Crippen molar-refractivity contribution in [3.63, 3.8) is 0 Å². The van der Waals surface area contributed by atoms with Gasteiger partial charge >= 0.3 is 0 Å². The highest BCUT2D eigenvalue weighted by molar-refractivity contribution is 6.02. The summed E-state index contributed by atoms with van der Waals surface area (Å²) in [5.41, 5.74) is 4.41. The number of fused-ring (bicyclic) bond motifs is 1. The highest BCUT2D eigenvalue weighted by atomic mass is 16.2. The lowest BCUT2D eigenvalue weighted by molar-refractivity contribution is 0.0724. The van der Waals surface area contributed by atoms with Gasteiger partial charge in [0.2, 0.25) is 0 Å². The fourth-order valence-corrected chi connectivity index (χ4v) is 4.15. The second-order valence-electron chi connectivity index (χ2n) is 8.46. The van der Waals surface area contributed by atoms with Gasteiger partial charge in [0.1, 0.15) is 5.69 Å². The fourth-order valence-electron chi connectivity index (χ4n) is 4.15. The number of nitrogens with one attached hydrogen (secondary N) is 1. The van der Waals surface area contributed by atoms with Gasteiger partial charge in [-0.2, -0.15) is 5.10 Å². The second kappa shape index (κ2) is 10.3. The summed E-state index contributed by atoms with van der Waals surface area (Å²) >= 11 is 0. The minimum atomic E-state index is -0.213. The van der Waals surface area contributed by atoms with Gasteiger partial charge in [-0.1, -0.05) is 42.5 Å². The predicted molar refractivity (Wildman–Crippen MR) is 132 cm³/mol. The van der Waals surface area contributed by atoms with E-state index in [-0.39, 0.29) is 17.9 Å². The Bertz CT molecular complexity index is 1300. The summed E-state index contributed by atoms with van der Waals surface area (Å²) in [6.07, 6.45) is 3.13. The maximum Gasteiger partial charge on any atom is 0.269 e. The zero-order valence-corrected chi connectivity index (χ0v) is 19.7. The number of nitrogens with zero attached hydrogens (tertiary/aromatic N) is 4. The van der Waals surface area contributed by atoms with Crippen LogP contribution in [0.2, 0.25) is 0 Å². The van der Waals surface area contributed by atoms with E-state index in [0.29, 0.717) is 36.3 Å². The van der Waals surface area contributed by atoms with E-state index in [2.05, 4.69) is 27.5 Å². The molecule has 0 aliphatic carbocycles. The summed E-state index contributed by atoms with van der Waals surface area (Å²) in [5, 5.41) is 7.45. The van der Waals surface area contributed by atoms with Crippen molar-refractivity contribution < 1.29 is 9.59 Å². The van der Waals surface area contributed by atoms with E-state index in [1.165, 1.54) is 0 Å². The van der Waals surface area contributed by atoms with E-state index in [9.17, 15) is 9.59 Å². The molecule has 1 atom stereocenters. The van der Waals surface area contributed by atoms with Crippen LogP contribution in [0.25, 0.3) is 5.52 Å². The van der Waals surface area contributed by atoms with Gasteiger partial charge in [0.05, 0.1) is 16.8 Å². The van der Waals surface area contributed by atoms with E-state index < -0.39 is 0 Å². The van der Waals surface area contributed by atoms with Crippen molar-refractivity contribution in [1.82, 2.24) is 24.8 Å². The van der Waals surface area contributed by atoms with Crippen molar-refractivity contribution in [3.8, 4) is 0 Å². The summed E-state index contributed by atoms with van der Waals surface area (Å²) in [5.74, 6) is -0.291. The summed E-state index contributed by atoms with van der Waals surface area (Å²) in [6, 6.07) is 21.0. The molecule has 0 spiro atoms. The van der Waals surface area contributed by atoms with Crippen LogP contribution >= 0.6 is 0 Å². The second-order valence-corrected chi connectivity index (χ2v) is 8.46. The molecule has 0 radical (unpaired) electrons. The third kappa shape index (κ3) is 5.14. The van der Waals surface area contributed by atoms with Crippen molar-refractivity contribution in [2.45, 2.75) is 32.7 Å². The topological polar surface area (TPSA) is 79.6 Å². The molecule has 4 rings (SSSR count). The van der Waals surface area contributed by atoms with Crippen molar-refractivity contribution in [2.24, 2.45) is 0 Å². The Morgan fingerprint density at radius 1 is 1.00 bits per heavy atom. The number of amides is 2. The molecule has 4 aromatic rings. The van der Waals surface area contributed by atoms with Crippen LogP contribution in [0.3, 0.4) is 0 Å². The Morgan fingerprint density at radius 3 is 2.53 bits per heavy atom. The normalized spacial score (nSPS) is 11.9. The van der Waals surface area contributed by atoms with Gasteiger partial charge in [0.25, 0.3) is 11.8 Å². The molecule has 0 saturated heterocycles. The van der Waals surface area contributed by atoms with Gasteiger partial charge in [-0.15, -0.1) is 0 Å². The molecule has 7 heteroatoms. The Balaban J connectivity index is 1.52. The Labute approximate surface area is 199 Å². The number of hydrogen-bond donors (Lipinski definition) is 1. The van der Waals surface area contributed by atoms with Crippen LogP contribution < -0.4 is 5.32 Å². The third-order valence-corrected chi connectivity index (χ3v) is 6.00. The molecular formula is C27H29N5O2. The lowest BCUT2D eigenvalue weighted by Gasteiger charge is -2.29. The molecule has 0 bridgehead atoms. The zero-order chi connectivity index (χ0) is 24.1. The number of pyridine rings is 2. The van der Waals surface area contributed by atoms with E-state index in [4.69, 9.17) is 0 Å². The summed E-state index contributed by atoms with van der Waals surface area (Å²) in [7, 11) is 1.83. The first kappa shape index (κ1) is 23.2. The standard InChI is InChI=1S/C27H29N5O2/c1-19-10-9-13-23(29-19)26(33)28-16-15-22(18-21-11-5-4-6-12-21)31(3)27(34)25-20(2)30-32-17-8-7-14-24(25)32/h4-14,17,22H,15-16,18H2,1-3H3,(H,28,33). The molecule has 174 valence electrons. The van der Waals surface area contributed by atoms with Gasteiger partial charge in [-0.3, -0.25) is 9.59 Å². The van der Waals surface area contributed by atoms with Crippen LogP contribution in [-0.2, 0) is 6.42 Å². The molecule has 1 aromatic carbocycles. The quantitative estimate of drug-likeness (QED) is 0.438. The largest absolute Gasteiger partial charge is 0.351 e. The van der Waals surface area contributed by atoms with Gasteiger partial charge in [0.15, 0.2) is 0 Å². The van der Waals surface area contributed by atoms with E-state index in [1.807, 2.05) is 75.6 Å². The highest BCUT2D eigenvalue weighted by Gasteiger charge is 2.26. The molecule has 2 amide bonds. The van der Waals surface area contributed by atoms with Crippen LogP contribution in [0.5, 0.6) is 0 Å². The van der Waals surface area contributed by atoms with Crippen LogP contribution in [0, 0.1) is 13.8 Å². The average Bonchev–Trinajstić information content (AvgIpc) is 3.18. The first-order valence-corrected chi connectivity index (χ1v) is 11.4. The zero-order valence-electron chi connectivity index (χ0n) is 19.7. The number of aryl methyl sites for hydroxylation is 2. The maximum absolute atomic E-state index is 13.6. The molecule has 1 unspecified atom stereocenters. The van der Waals surface area contributed by atoms with Crippen LogP contribution in [0.4, 0.5) is 0 Å². The molecule has 0 aliphatic heterocycles. The minimum absolute atomic E-state index is 0.0775. The average molecular weight is 456 g/mol. The SMILES string of the molecule is Cc1cccc(C(=O)NCCC(Cc2ccccc2)N(C)C(=O)c2c(C)nn3ccccc23)n1. The Hall–Kier alpha value is -4.00. The van der Waals surface area contributed by atoms with Crippen molar-refractivity contribution in [3.05, 3.63) is 101 Å². The van der Waals surface area contributed by atoms with Crippen LogP contribution in [0.15, 0.2) is 72.9 Å². The Morgan fingerprint density at radius 2 is 1.76 bits per heavy atom. The van der Waals surface area contributed by atoms with Gasteiger partial charge in [-0.25, -0.2) is 9.50 Å². The monoisotopic (exact) mass is 455 g/mol. The predicted octanol–water partition coefficient (Wildman–Crippen LogP) is 3.85. The Kier molecular flexibility index (Phi) is 7.01. The van der Waals surface area contributed by atoms with E-state index in [0.717, 1.165) is 16.8 Å². The number of carbonyl (C=O) groups is 2. The number of hydrogen-bond acceptors (Lipinski definition) is 4. The van der Waals surface area contributed by atoms with Crippen LogP contribution in [-0.4, -0.2) is 50.9 Å². The van der Waals surface area contributed by atoms with E-state index >= 15 is 0 Å². The third-order valence-electron chi connectivity index (χ3n) is 6.00. The molecule has 3 heterocycles. The number of benzene rings is 1. The molecule has 1 N–H and O–H groups in total. The number of likely N-dealkylation sites (N-methyl/N-ethyl adjacent to an activating group) is 1. The van der Waals surface area contributed by atoms with Crippen molar-refractivity contribution in [1.29, 1.82) is 0 Å². The first-order valence-electron chi connectivity index (χ1n) is 11.4. The van der Waals surface area contributed by atoms with Gasteiger partial charge < -0.3 is 10.2 Å². The number of carbonyl (C=O) groups excluding carboxylic acids is 2. The molecule has 0 aliphatic rings.